The summed E-state index contributed by atoms with van der Waals surface area (Å²) in [6, 6.07) is 10.6. The van der Waals surface area contributed by atoms with E-state index in [0.29, 0.717) is 22.8 Å². The van der Waals surface area contributed by atoms with Crippen molar-refractivity contribution in [1.82, 2.24) is 4.98 Å². The summed E-state index contributed by atoms with van der Waals surface area (Å²) in [7, 11) is 4.55. The van der Waals surface area contributed by atoms with Gasteiger partial charge in [-0.1, -0.05) is 12.1 Å². The fourth-order valence-corrected chi connectivity index (χ4v) is 3.00. The molecular weight excluding hydrogens is 336 g/mol. The Labute approximate surface area is 150 Å². The van der Waals surface area contributed by atoms with Gasteiger partial charge in [-0.05, 0) is 30.2 Å². The van der Waals surface area contributed by atoms with Gasteiger partial charge in [0.05, 0.1) is 32.3 Å². The molecule has 0 spiro atoms. The zero-order chi connectivity index (χ0) is 18.8. The fraction of sp³-hybridized carbons (Fsp3) is 0.211. The quantitative estimate of drug-likeness (QED) is 0.506. The van der Waals surface area contributed by atoms with Gasteiger partial charge in [0, 0.05) is 17.0 Å². The van der Waals surface area contributed by atoms with E-state index in [4.69, 9.17) is 14.2 Å². The van der Waals surface area contributed by atoms with Gasteiger partial charge >= 0.3 is 0 Å². The van der Waals surface area contributed by atoms with Gasteiger partial charge in [-0.2, -0.15) is 0 Å². The van der Waals surface area contributed by atoms with Crippen LogP contribution in [0.5, 0.6) is 17.4 Å². The van der Waals surface area contributed by atoms with E-state index in [1.807, 2.05) is 31.2 Å². The Balaban J connectivity index is 2.48. The lowest BCUT2D eigenvalue weighted by Crippen LogP contribution is -2.00. The van der Waals surface area contributed by atoms with Gasteiger partial charge in [0.2, 0.25) is 5.88 Å². The van der Waals surface area contributed by atoms with Crippen LogP contribution in [-0.2, 0) is 0 Å². The zero-order valence-electron chi connectivity index (χ0n) is 14.9. The SMILES string of the molecule is COc1cccc(-c2c(OC)cc([N+](=O)[O-])c3nc(OC)cc(C)c23)c1. The third kappa shape index (κ3) is 2.88. The standard InChI is InChI=1S/C19H18N2O5/c1-11-8-16(26-4)20-19-14(21(22)23)10-15(25-3)18(17(11)19)12-6-5-7-13(9-12)24-2/h5-10H,1-4H3. The number of aryl methyl sites for hydroxylation is 1. The topological polar surface area (TPSA) is 83.7 Å². The van der Waals surface area contributed by atoms with Crippen molar-refractivity contribution in [3.05, 3.63) is 52.1 Å². The second-order valence-corrected chi connectivity index (χ2v) is 5.67. The fourth-order valence-electron chi connectivity index (χ4n) is 3.00. The minimum Gasteiger partial charge on any atom is -0.497 e. The summed E-state index contributed by atoms with van der Waals surface area (Å²) in [5.74, 6) is 1.39. The van der Waals surface area contributed by atoms with Gasteiger partial charge in [0.1, 0.15) is 11.5 Å². The second kappa shape index (κ2) is 6.87. The van der Waals surface area contributed by atoms with Gasteiger partial charge in [-0.15, -0.1) is 0 Å². The Morgan fingerprint density at radius 1 is 1.04 bits per heavy atom. The first-order valence-electron chi connectivity index (χ1n) is 7.85. The Morgan fingerprint density at radius 3 is 2.42 bits per heavy atom. The summed E-state index contributed by atoms with van der Waals surface area (Å²) >= 11 is 0. The van der Waals surface area contributed by atoms with E-state index in [1.165, 1.54) is 20.3 Å². The van der Waals surface area contributed by atoms with Crippen LogP contribution >= 0.6 is 0 Å². The zero-order valence-corrected chi connectivity index (χ0v) is 14.9. The van der Waals surface area contributed by atoms with Crippen LogP contribution in [0.3, 0.4) is 0 Å². The highest BCUT2D eigenvalue weighted by atomic mass is 16.6. The van der Waals surface area contributed by atoms with Crippen LogP contribution in [0, 0.1) is 17.0 Å². The third-order valence-electron chi connectivity index (χ3n) is 4.18. The molecule has 0 fully saturated rings. The molecule has 0 aliphatic carbocycles. The molecule has 1 aromatic heterocycles. The summed E-state index contributed by atoms with van der Waals surface area (Å²) in [5.41, 5.74) is 2.46. The van der Waals surface area contributed by atoms with Crippen molar-refractivity contribution in [3.63, 3.8) is 0 Å². The van der Waals surface area contributed by atoms with Crippen LogP contribution in [0.2, 0.25) is 0 Å². The van der Waals surface area contributed by atoms with E-state index < -0.39 is 4.92 Å². The number of nitro groups is 1. The van der Waals surface area contributed by atoms with Crippen LogP contribution in [-0.4, -0.2) is 31.2 Å². The predicted octanol–water partition coefficient (Wildman–Crippen LogP) is 4.14. The molecule has 7 nitrogen and oxygen atoms in total. The van der Waals surface area contributed by atoms with E-state index in [9.17, 15) is 10.1 Å². The Kier molecular flexibility index (Phi) is 4.62. The third-order valence-corrected chi connectivity index (χ3v) is 4.18. The second-order valence-electron chi connectivity index (χ2n) is 5.67. The maximum Gasteiger partial charge on any atom is 0.299 e. The number of hydrogen-bond acceptors (Lipinski definition) is 6. The smallest absolute Gasteiger partial charge is 0.299 e. The molecule has 0 saturated carbocycles. The van der Waals surface area contributed by atoms with Gasteiger partial charge in [-0.25, -0.2) is 4.98 Å². The number of hydrogen-bond donors (Lipinski definition) is 0. The molecule has 3 rings (SSSR count). The number of fused-ring (bicyclic) bond motifs is 1. The summed E-state index contributed by atoms with van der Waals surface area (Å²) < 4.78 is 16.0. The van der Waals surface area contributed by atoms with Crippen molar-refractivity contribution in [2.24, 2.45) is 0 Å². The normalized spacial score (nSPS) is 10.6. The molecule has 0 amide bonds. The van der Waals surface area contributed by atoms with Crippen molar-refractivity contribution in [2.75, 3.05) is 21.3 Å². The summed E-state index contributed by atoms with van der Waals surface area (Å²) in [6.45, 7) is 1.86. The van der Waals surface area contributed by atoms with Crippen molar-refractivity contribution >= 4 is 16.6 Å². The summed E-state index contributed by atoms with van der Waals surface area (Å²) in [5, 5.41) is 12.2. The van der Waals surface area contributed by atoms with Crippen LogP contribution in [0.4, 0.5) is 5.69 Å². The van der Waals surface area contributed by atoms with Crippen LogP contribution < -0.4 is 14.2 Å². The molecule has 0 unspecified atom stereocenters. The molecule has 0 saturated heterocycles. The largest absolute Gasteiger partial charge is 0.497 e. The average molecular weight is 354 g/mol. The maximum absolute atomic E-state index is 11.6. The number of non-ortho nitro benzene ring substituents is 1. The number of methoxy groups -OCH3 is 3. The lowest BCUT2D eigenvalue weighted by atomic mass is 9.95. The summed E-state index contributed by atoms with van der Waals surface area (Å²) in [6.07, 6.45) is 0. The number of rotatable bonds is 5. The van der Waals surface area contributed by atoms with E-state index in [2.05, 4.69) is 4.98 Å². The van der Waals surface area contributed by atoms with Gasteiger partial charge < -0.3 is 14.2 Å². The molecule has 0 bridgehead atoms. The molecule has 0 aliphatic rings. The molecule has 2 aromatic carbocycles. The van der Waals surface area contributed by atoms with E-state index in [-0.39, 0.29) is 11.2 Å². The molecule has 7 heteroatoms. The number of nitro benzene ring substituents is 1. The van der Waals surface area contributed by atoms with E-state index in [0.717, 1.165) is 16.7 Å². The molecular formula is C19H18N2O5. The summed E-state index contributed by atoms with van der Waals surface area (Å²) in [4.78, 5) is 15.5. The highest BCUT2D eigenvalue weighted by molar-refractivity contribution is 6.04. The number of pyridine rings is 1. The highest BCUT2D eigenvalue weighted by Gasteiger charge is 2.24. The number of ether oxygens (including phenoxy) is 3. The Hall–Kier alpha value is -3.35. The Morgan fingerprint density at radius 2 is 1.81 bits per heavy atom. The molecule has 26 heavy (non-hydrogen) atoms. The molecule has 3 aromatic rings. The van der Waals surface area contributed by atoms with Crippen LogP contribution in [0.15, 0.2) is 36.4 Å². The molecule has 0 aliphatic heterocycles. The highest BCUT2D eigenvalue weighted by Crippen LogP contribution is 2.44. The number of nitrogens with zero attached hydrogens (tertiary/aromatic N) is 2. The molecule has 0 radical (unpaired) electrons. The van der Waals surface area contributed by atoms with Crippen LogP contribution in [0.1, 0.15) is 5.56 Å². The predicted molar refractivity (Wildman–Crippen MR) is 98.2 cm³/mol. The average Bonchev–Trinajstić information content (AvgIpc) is 2.66. The lowest BCUT2D eigenvalue weighted by Gasteiger charge is -2.15. The van der Waals surface area contributed by atoms with Crippen molar-refractivity contribution < 1.29 is 19.1 Å². The Bertz CT molecular complexity index is 1000. The van der Waals surface area contributed by atoms with Crippen molar-refractivity contribution in [3.8, 4) is 28.5 Å². The minimum atomic E-state index is -0.466. The van der Waals surface area contributed by atoms with Gasteiger partial charge in [0.15, 0.2) is 5.52 Å². The number of benzene rings is 2. The number of aromatic nitrogens is 1. The molecule has 1 heterocycles. The minimum absolute atomic E-state index is 0.134. The molecule has 0 N–H and O–H groups in total. The molecule has 0 atom stereocenters. The van der Waals surface area contributed by atoms with Crippen molar-refractivity contribution in [2.45, 2.75) is 6.92 Å². The lowest BCUT2D eigenvalue weighted by molar-refractivity contribution is -0.383. The van der Waals surface area contributed by atoms with Crippen LogP contribution in [0.25, 0.3) is 22.0 Å². The van der Waals surface area contributed by atoms with Crippen molar-refractivity contribution in [1.29, 1.82) is 0 Å². The van der Waals surface area contributed by atoms with E-state index >= 15 is 0 Å². The maximum atomic E-state index is 11.6. The first kappa shape index (κ1) is 17.5. The van der Waals surface area contributed by atoms with Gasteiger partial charge in [-0.3, -0.25) is 10.1 Å². The monoisotopic (exact) mass is 354 g/mol. The first-order valence-corrected chi connectivity index (χ1v) is 7.85. The molecule has 134 valence electrons. The van der Waals surface area contributed by atoms with Gasteiger partial charge in [0.25, 0.3) is 5.69 Å². The first-order chi connectivity index (χ1) is 12.5. The van der Waals surface area contributed by atoms with E-state index in [1.54, 1.807) is 13.2 Å².